The molecule has 7 heterocycles. The minimum atomic E-state index is -1.00. The van der Waals surface area contributed by atoms with Crippen LogP contribution in [0, 0.1) is 12.5 Å². The van der Waals surface area contributed by atoms with E-state index in [0.717, 1.165) is 66.5 Å². The Morgan fingerprint density at radius 3 is 1.64 bits per heavy atom. The molecular formula is C62H61BrFN17O8. The molecule has 10 N–H and O–H groups in total. The van der Waals surface area contributed by atoms with Crippen molar-refractivity contribution in [2.45, 2.75) is 31.6 Å². The molecule has 2 aliphatic heterocycles. The maximum absolute atomic E-state index is 12.5. The van der Waals surface area contributed by atoms with Crippen LogP contribution in [-0.4, -0.2) is 153 Å². The van der Waals surface area contributed by atoms with Gasteiger partial charge in [-0.3, -0.25) is 48.8 Å². The molecule has 27 heteroatoms. The number of carboxylic acid groups (broad SMARTS) is 1. The van der Waals surface area contributed by atoms with Crippen molar-refractivity contribution in [3.63, 3.8) is 0 Å². The Bertz CT molecular complexity index is 4230. The second kappa shape index (κ2) is 31.8. The number of nitrogens with two attached hydrogens (primary N) is 1. The van der Waals surface area contributed by atoms with Crippen molar-refractivity contribution < 1.29 is 44.6 Å². The maximum atomic E-state index is 12.5. The van der Waals surface area contributed by atoms with Gasteiger partial charge in [0.25, 0.3) is 11.8 Å². The van der Waals surface area contributed by atoms with Gasteiger partial charge in [-0.1, -0.05) is 105 Å². The lowest BCUT2D eigenvalue weighted by Gasteiger charge is -2.30. The highest BCUT2D eigenvalue weighted by Gasteiger charge is 2.29. The summed E-state index contributed by atoms with van der Waals surface area (Å²) in [6, 6.07) is 40.3. The van der Waals surface area contributed by atoms with E-state index in [2.05, 4.69) is 87.5 Å². The van der Waals surface area contributed by atoms with Crippen LogP contribution in [-0.2, 0) is 14.4 Å². The lowest BCUT2D eigenvalue weighted by molar-refractivity contribution is -0.145. The first-order valence-corrected chi connectivity index (χ1v) is 28.4. The highest BCUT2D eigenvalue weighted by atomic mass is 79.9. The number of benzene rings is 6. The van der Waals surface area contributed by atoms with E-state index in [4.69, 9.17) is 28.5 Å². The molecule has 89 heavy (non-hydrogen) atoms. The second-order valence-corrected chi connectivity index (χ2v) is 20.8. The number of carboxylic acids is 1. The third kappa shape index (κ3) is 17.7. The Morgan fingerprint density at radius 2 is 1.13 bits per heavy atom. The van der Waals surface area contributed by atoms with Gasteiger partial charge in [0.05, 0.1) is 81.0 Å². The SMILES string of the molecule is Brc1ccc2cn[nH]c2c1.N/C(=N\O)c1ccc2cn[nH]c2c1.O=C(NCC(=O)N1CCC(C(=O)O)CC1)c1ccccc1.O=C(NCC(=O)N1CCC(c2nc(-c3ccc4cn[nH]c4c3)no2)CC1)c1ccccc1.[2H]CF.[C-]#[N+]c1ccc2cn[nH]c2c1. The van der Waals surface area contributed by atoms with Crippen LogP contribution < -0.4 is 16.4 Å². The Labute approximate surface area is 517 Å². The molecule has 2 saturated heterocycles. The standard InChI is InChI=1S/C23H22N6O3.C15H18N2O4.C8H8N4O.C8H5N3.C7H5BrN2.CH3F/c30-20(14-24-22(31)15-4-2-1-3-5-15)29-10-8-16(9-11-29)23-26-21(28-32-23)17-6-7-18-13-25-27-19(18)12-17;18-13(17-8-6-12(7-9-17)15(20)21)10-16-14(19)11-4-2-1-3-5-11;9-8(12-13)5-1-2-6-4-10-11-7(6)3-5;1-9-7-3-2-6-5-10-11-8(6)4-7;8-6-2-1-5-4-9-10-7(5)3-6;1-2/h1-7,12-13,16H,8-11,14H2,(H,24,31)(H,25,27);1-5,12H,6-10H2,(H,16,19)(H,20,21);1-4,13H,(H2,9,12)(H,10,11);2-5H,(H,10,11);1-4H,(H,9,10);1H3/i;;;;;1D. The van der Waals surface area contributed by atoms with E-state index < -0.39 is 13.1 Å². The third-order valence-electron chi connectivity index (χ3n) is 14.2. The smallest absolute Gasteiger partial charge is 0.306 e. The number of halogens is 2. The normalized spacial score (nSPS) is 13.3. The summed E-state index contributed by atoms with van der Waals surface area (Å²) < 4.78 is 22.1. The number of amides is 4. The van der Waals surface area contributed by atoms with E-state index in [1.807, 2.05) is 66.9 Å². The number of carbonyl (C=O) groups is 5. The quantitative estimate of drug-likeness (QED) is 0.0202. The molecule has 0 radical (unpaired) electrons. The largest absolute Gasteiger partial charge is 0.481 e. The van der Waals surface area contributed by atoms with Crippen molar-refractivity contribution in [1.29, 1.82) is 0 Å². The monoisotopic (exact) mass is 1270 g/mol. The van der Waals surface area contributed by atoms with Gasteiger partial charge in [0.2, 0.25) is 23.5 Å². The van der Waals surface area contributed by atoms with Crippen molar-refractivity contribution in [3.05, 3.63) is 197 Å². The number of rotatable bonds is 10. The molecule has 2 fully saturated rings. The summed E-state index contributed by atoms with van der Waals surface area (Å²) in [6.45, 7) is 8.71. The van der Waals surface area contributed by atoms with Gasteiger partial charge in [-0.05, 0) is 80.3 Å². The lowest BCUT2D eigenvalue weighted by Crippen LogP contribution is -2.45. The fraction of sp³-hybridized carbons (Fsp3) is 0.210. The highest BCUT2D eigenvalue weighted by molar-refractivity contribution is 9.10. The first-order valence-electron chi connectivity index (χ1n) is 28.3. The van der Waals surface area contributed by atoms with Gasteiger partial charge in [0.15, 0.2) is 11.5 Å². The number of aromatic amines is 4. The fourth-order valence-electron chi connectivity index (χ4n) is 9.32. The number of fused-ring (bicyclic) bond motifs is 4. The molecule has 0 aliphatic carbocycles. The molecular weight excluding hydrogens is 1210 g/mol. The van der Waals surface area contributed by atoms with Gasteiger partial charge in [-0.15, -0.1) is 0 Å². The number of amidine groups is 1. The Balaban J connectivity index is 0.000000155. The summed E-state index contributed by atoms with van der Waals surface area (Å²) in [4.78, 5) is 70.5. The number of hydrogen-bond donors (Lipinski definition) is 9. The number of aromatic nitrogens is 10. The summed E-state index contributed by atoms with van der Waals surface area (Å²) >= 11 is 3.37. The zero-order chi connectivity index (χ0) is 63.8. The Morgan fingerprint density at radius 1 is 0.674 bits per heavy atom. The third-order valence-corrected chi connectivity index (χ3v) is 14.7. The molecule has 0 unspecified atom stereocenters. The summed E-state index contributed by atoms with van der Waals surface area (Å²) in [7, 11) is -1.00. The van der Waals surface area contributed by atoms with Gasteiger partial charge < -0.3 is 41.0 Å². The predicted molar refractivity (Wildman–Crippen MR) is 334 cm³/mol. The van der Waals surface area contributed by atoms with Crippen molar-refractivity contribution in [3.8, 4) is 11.4 Å². The van der Waals surface area contributed by atoms with E-state index >= 15 is 0 Å². The summed E-state index contributed by atoms with van der Waals surface area (Å²) in [5, 5.41) is 60.9. The van der Waals surface area contributed by atoms with Gasteiger partial charge >= 0.3 is 5.97 Å². The van der Waals surface area contributed by atoms with E-state index in [0.29, 0.717) is 73.1 Å². The van der Waals surface area contributed by atoms with E-state index in [1.54, 1.807) is 101 Å². The molecule has 4 amide bonds. The lowest BCUT2D eigenvalue weighted by atomic mass is 9.96. The number of carbonyl (C=O) groups excluding carboxylic acids is 4. The number of nitrogens with one attached hydrogen (secondary N) is 6. The van der Waals surface area contributed by atoms with Crippen molar-refractivity contribution in [1.82, 2.24) is 71.4 Å². The number of piperidine rings is 2. The molecule has 0 bridgehead atoms. The molecule has 13 rings (SSSR count). The first kappa shape index (κ1) is 62.4. The number of nitrogens with zero attached hydrogens (tertiary/aromatic N) is 10. The van der Waals surface area contributed by atoms with Gasteiger partial charge in [0.1, 0.15) is 0 Å². The topological polar surface area (TPSA) is 353 Å². The molecule has 6 aromatic carbocycles. The van der Waals surface area contributed by atoms with Crippen molar-refractivity contribution in [2.24, 2.45) is 16.8 Å². The average molecular weight is 1270 g/mol. The maximum Gasteiger partial charge on any atom is 0.306 e. The van der Waals surface area contributed by atoms with E-state index in [1.165, 1.54) is 0 Å². The van der Waals surface area contributed by atoms with Crippen LogP contribution in [0.3, 0.4) is 0 Å². The van der Waals surface area contributed by atoms with Crippen LogP contribution in [0.1, 0.15) is 65.1 Å². The highest BCUT2D eigenvalue weighted by Crippen LogP contribution is 2.30. The number of alkyl halides is 1. The van der Waals surface area contributed by atoms with Crippen LogP contribution in [0.25, 0.3) is 59.8 Å². The van der Waals surface area contributed by atoms with Crippen LogP contribution in [0.2, 0.25) is 0 Å². The summed E-state index contributed by atoms with van der Waals surface area (Å²) in [5.41, 5.74) is 12.4. The van der Waals surface area contributed by atoms with Crippen LogP contribution in [0.15, 0.2) is 172 Å². The molecule has 0 spiro atoms. The van der Waals surface area contributed by atoms with E-state index in [9.17, 15) is 28.4 Å². The average Bonchev–Trinajstić information content (AvgIpc) is 2.77. The van der Waals surface area contributed by atoms with Crippen LogP contribution in [0.4, 0.5) is 10.1 Å². The predicted octanol–water partition coefficient (Wildman–Crippen LogP) is 9.17. The molecule has 5 aromatic heterocycles. The van der Waals surface area contributed by atoms with Gasteiger partial charge in [-0.25, -0.2) is 4.85 Å². The fourth-order valence-corrected chi connectivity index (χ4v) is 9.68. The van der Waals surface area contributed by atoms with E-state index in [-0.39, 0.29) is 54.4 Å². The molecule has 456 valence electrons. The Hall–Kier alpha value is -11.1. The molecule has 2 aliphatic rings. The number of hydrogen-bond acceptors (Lipinski definition) is 14. The molecule has 25 nitrogen and oxygen atoms in total. The number of H-pyrrole nitrogens is 4. The van der Waals surface area contributed by atoms with Gasteiger partial charge in [-0.2, -0.15) is 25.4 Å². The Kier molecular flexibility index (Phi) is 22.3. The summed E-state index contributed by atoms with van der Waals surface area (Å²) in [5.74, 6) is -0.647. The molecule has 0 atom stereocenters. The number of aliphatic carboxylic acids is 1. The minimum Gasteiger partial charge on any atom is -0.481 e. The zero-order valence-electron chi connectivity index (χ0n) is 48.6. The number of likely N-dealkylation sites (tertiary alicyclic amines) is 2. The second-order valence-electron chi connectivity index (χ2n) is 19.9. The number of oxime groups is 1. The summed E-state index contributed by atoms with van der Waals surface area (Å²) in [6.07, 6.45) is 9.43. The molecule has 0 saturated carbocycles. The van der Waals surface area contributed by atoms with Gasteiger partial charge in [0, 0.05) is 80.4 Å². The van der Waals surface area contributed by atoms with Crippen LogP contribution >= 0.6 is 15.9 Å². The molecule has 11 aromatic rings. The van der Waals surface area contributed by atoms with Crippen molar-refractivity contribution >= 4 is 101 Å². The minimum absolute atomic E-state index is 0.0147. The van der Waals surface area contributed by atoms with Crippen LogP contribution in [0.5, 0.6) is 0 Å². The van der Waals surface area contributed by atoms with Crippen molar-refractivity contribution in [2.75, 3.05) is 46.4 Å². The first-order chi connectivity index (χ1) is 43.7. The zero-order valence-corrected chi connectivity index (χ0v) is 49.2.